The van der Waals surface area contributed by atoms with Gasteiger partial charge in [0.05, 0.1) is 6.54 Å². The molecule has 5 heteroatoms. The van der Waals surface area contributed by atoms with Gasteiger partial charge in [-0.25, -0.2) is 0 Å². The molecule has 144 valence electrons. The Labute approximate surface area is 162 Å². The number of hydrogen-bond acceptors (Lipinski definition) is 4. The van der Waals surface area contributed by atoms with Gasteiger partial charge in [0.15, 0.2) is 0 Å². The second-order valence-electron chi connectivity index (χ2n) is 6.86. The molecule has 0 unspecified atom stereocenters. The van der Waals surface area contributed by atoms with Gasteiger partial charge in [0.1, 0.15) is 0 Å². The Morgan fingerprint density at radius 1 is 0.926 bits per heavy atom. The first kappa shape index (κ1) is 19.1. The van der Waals surface area contributed by atoms with Crippen LogP contribution in [0.4, 0.5) is 22.7 Å². The molecule has 1 aliphatic heterocycles. The van der Waals surface area contributed by atoms with E-state index >= 15 is 0 Å². The summed E-state index contributed by atoms with van der Waals surface area (Å²) in [5.74, 6) is -0.0470. The third-order valence-electron chi connectivity index (χ3n) is 5.07. The van der Waals surface area contributed by atoms with E-state index in [0.29, 0.717) is 0 Å². The molecule has 0 aliphatic carbocycles. The third kappa shape index (κ3) is 5.16. The third-order valence-corrected chi connectivity index (χ3v) is 5.07. The van der Waals surface area contributed by atoms with Gasteiger partial charge in [0.25, 0.3) is 0 Å². The predicted molar refractivity (Wildman–Crippen MR) is 115 cm³/mol. The van der Waals surface area contributed by atoms with Crippen molar-refractivity contribution in [1.29, 1.82) is 0 Å². The fraction of sp³-hybridized carbons (Fsp3) is 0.409. The minimum atomic E-state index is -0.0470. The number of amides is 1. The Bertz CT molecular complexity index is 717. The van der Waals surface area contributed by atoms with E-state index < -0.39 is 0 Å². The maximum absolute atomic E-state index is 12.2. The average molecular weight is 367 g/mol. The molecule has 3 rings (SSSR count). The quantitative estimate of drug-likeness (QED) is 0.736. The van der Waals surface area contributed by atoms with Crippen molar-refractivity contribution in [3.8, 4) is 0 Å². The minimum Gasteiger partial charge on any atom is -0.376 e. The lowest BCUT2D eigenvalue weighted by Gasteiger charge is -2.21. The highest BCUT2D eigenvalue weighted by Gasteiger charge is 2.12. The standard InChI is InChI=1S/C22H30N4O/c1-3-25(4-2)20-13-9-19(10-14-20)24-22(27)17-23-18-7-11-21(12-8-18)26-15-5-6-16-26/h7-14,23H,3-6,15-17H2,1-2H3,(H,24,27). The molecular weight excluding hydrogens is 336 g/mol. The number of benzene rings is 2. The summed E-state index contributed by atoms with van der Waals surface area (Å²) in [5.41, 5.74) is 4.22. The van der Waals surface area contributed by atoms with Crippen LogP contribution in [0.2, 0.25) is 0 Å². The Morgan fingerprint density at radius 3 is 2.11 bits per heavy atom. The molecule has 0 spiro atoms. The van der Waals surface area contributed by atoms with Crippen LogP contribution < -0.4 is 20.4 Å². The van der Waals surface area contributed by atoms with Crippen LogP contribution in [0.15, 0.2) is 48.5 Å². The number of anilines is 4. The first-order valence-corrected chi connectivity index (χ1v) is 9.93. The van der Waals surface area contributed by atoms with Crippen LogP contribution in [0.1, 0.15) is 26.7 Å². The van der Waals surface area contributed by atoms with Gasteiger partial charge in [-0.05, 0) is 75.2 Å². The first-order valence-electron chi connectivity index (χ1n) is 9.93. The van der Waals surface area contributed by atoms with E-state index in [1.807, 2.05) is 36.4 Å². The second kappa shape index (κ2) is 9.31. The molecule has 1 heterocycles. The number of nitrogens with one attached hydrogen (secondary N) is 2. The molecule has 5 nitrogen and oxygen atoms in total. The zero-order valence-electron chi connectivity index (χ0n) is 16.4. The topological polar surface area (TPSA) is 47.6 Å². The summed E-state index contributed by atoms with van der Waals surface area (Å²) in [6.07, 6.45) is 2.55. The fourth-order valence-electron chi connectivity index (χ4n) is 3.50. The van der Waals surface area contributed by atoms with E-state index in [2.05, 4.69) is 46.4 Å². The fourth-order valence-corrected chi connectivity index (χ4v) is 3.50. The molecule has 2 aromatic carbocycles. The van der Waals surface area contributed by atoms with Crippen molar-refractivity contribution >= 4 is 28.7 Å². The van der Waals surface area contributed by atoms with Crippen molar-refractivity contribution in [3.05, 3.63) is 48.5 Å². The highest BCUT2D eigenvalue weighted by Crippen LogP contribution is 2.22. The summed E-state index contributed by atoms with van der Waals surface area (Å²) in [4.78, 5) is 16.9. The smallest absolute Gasteiger partial charge is 0.243 e. The average Bonchev–Trinajstić information content (AvgIpc) is 3.24. The maximum Gasteiger partial charge on any atom is 0.243 e. The molecule has 0 aromatic heterocycles. The zero-order chi connectivity index (χ0) is 19.1. The molecule has 0 radical (unpaired) electrons. The lowest BCUT2D eigenvalue weighted by Crippen LogP contribution is -2.23. The first-order chi connectivity index (χ1) is 13.2. The SMILES string of the molecule is CCN(CC)c1ccc(NC(=O)CNc2ccc(N3CCCC3)cc2)cc1. The van der Waals surface area contributed by atoms with Crippen molar-refractivity contribution in [1.82, 2.24) is 0 Å². The molecule has 0 bridgehead atoms. The van der Waals surface area contributed by atoms with Gasteiger partial charge in [-0.2, -0.15) is 0 Å². The van der Waals surface area contributed by atoms with Gasteiger partial charge in [0, 0.05) is 48.9 Å². The lowest BCUT2D eigenvalue weighted by atomic mass is 10.2. The molecule has 1 saturated heterocycles. The summed E-state index contributed by atoms with van der Waals surface area (Å²) < 4.78 is 0. The molecule has 0 saturated carbocycles. The van der Waals surface area contributed by atoms with Gasteiger partial charge < -0.3 is 20.4 Å². The molecule has 2 N–H and O–H groups in total. The molecule has 2 aromatic rings. The van der Waals surface area contributed by atoms with Crippen LogP contribution >= 0.6 is 0 Å². The highest BCUT2D eigenvalue weighted by molar-refractivity contribution is 5.93. The normalized spacial score (nSPS) is 13.5. The van der Waals surface area contributed by atoms with Crippen LogP contribution in [0, 0.1) is 0 Å². The second-order valence-corrected chi connectivity index (χ2v) is 6.86. The monoisotopic (exact) mass is 366 g/mol. The molecular formula is C22H30N4O. The number of carbonyl (C=O) groups is 1. The largest absolute Gasteiger partial charge is 0.376 e. The molecule has 1 fully saturated rings. The highest BCUT2D eigenvalue weighted by atomic mass is 16.1. The summed E-state index contributed by atoms with van der Waals surface area (Å²) in [6, 6.07) is 16.3. The number of nitrogens with zero attached hydrogens (tertiary/aromatic N) is 2. The van der Waals surface area contributed by atoms with Gasteiger partial charge in [-0.15, -0.1) is 0 Å². The van der Waals surface area contributed by atoms with Crippen molar-refractivity contribution in [2.45, 2.75) is 26.7 Å². The summed E-state index contributed by atoms with van der Waals surface area (Å²) in [5, 5.41) is 6.13. The number of rotatable bonds is 8. The minimum absolute atomic E-state index is 0.0470. The molecule has 0 atom stereocenters. The van der Waals surface area contributed by atoms with Crippen LogP contribution in [-0.2, 0) is 4.79 Å². The Balaban J connectivity index is 1.47. The predicted octanol–water partition coefficient (Wildman–Crippen LogP) is 4.18. The van der Waals surface area contributed by atoms with Crippen molar-refractivity contribution < 1.29 is 4.79 Å². The van der Waals surface area contributed by atoms with Gasteiger partial charge >= 0.3 is 0 Å². The molecule has 1 aliphatic rings. The van der Waals surface area contributed by atoms with E-state index in [1.165, 1.54) is 24.2 Å². The van der Waals surface area contributed by atoms with Crippen molar-refractivity contribution in [2.75, 3.05) is 53.2 Å². The van der Waals surface area contributed by atoms with Crippen LogP contribution in [0.25, 0.3) is 0 Å². The maximum atomic E-state index is 12.2. The van der Waals surface area contributed by atoms with Crippen molar-refractivity contribution in [2.24, 2.45) is 0 Å². The van der Waals surface area contributed by atoms with E-state index in [-0.39, 0.29) is 12.5 Å². The van der Waals surface area contributed by atoms with Crippen LogP contribution in [0.3, 0.4) is 0 Å². The van der Waals surface area contributed by atoms with Gasteiger partial charge in [0.2, 0.25) is 5.91 Å². The summed E-state index contributed by atoms with van der Waals surface area (Å²) in [7, 11) is 0. The summed E-state index contributed by atoms with van der Waals surface area (Å²) >= 11 is 0. The Morgan fingerprint density at radius 2 is 1.52 bits per heavy atom. The molecule has 27 heavy (non-hydrogen) atoms. The van der Waals surface area contributed by atoms with Crippen molar-refractivity contribution in [3.63, 3.8) is 0 Å². The van der Waals surface area contributed by atoms with Crippen LogP contribution in [-0.4, -0.2) is 38.6 Å². The van der Waals surface area contributed by atoms with E-state index in [0.717, 1.165) is 37.6 Å². The van der Waals surface area contributed by atoms with E-state index in [4.69, 9.17) is 0 Å². The zero-order valence-corrected chi connectivity index (χ0v) is 16.4. The van der Waals surface area contributed by atoms with Crippen LogP contribution in [0.5, 0.6) is 0 Å². The molecule has 1 amide bonds. The van der Waals surface area contributed by atoms with E-state index in [9.17, 15) is 4.79 Å². The Hall–Kier alpha value is -2.69. The number of hydrogen-bond donors (Lipinski definition) is 2. The van der Waals surface area contributed by atoms with Gasteiger partial charge in [-0.1, -0.05) is 0 Å². The lowest BCUT2D eigenvalue weighted by molar-refractivity contribution is -0.114. The van der Waals surface area contributed by atoms with Gasteiger partial charge in [-0.3, -0.25) is 4.79 Å². The number of carbonyl (C=O) groups excluding carboxylic acids is 1. The van der Waals surface area contributed by atoms with E-state index in [1.54, 1.807) is 0 Å². The summed E-state index contributed by atoms with van der Waals surface area (Å²) in [6.45, 7) is 8.77. The Kier molecular flexibility index (Phi) is 6.58.